The maximum absolute atomic E-state index is 5.44. The minimum atomic E-state index is 0.542. The molecule has 3 nitrogen and oxygen atoms in total. The third-order valence-corrected chi connectivity index (χ3v) is 2.94. The van der Waals surface area contributed by atoms with Crippen LogP contribution in [0.15, 0.2) is 36.9 Å². The normalized spacial score (nSPS) is 12.4. The summed E-state index contributed by atoms with van der Waals surface area (Å²) in [6, 6.07) is 8.71. The Bertz CT molecular complexity index is 346. The van der Waals surface area contributed by atoms with Gasteiger partial charge in [-0.25, -0.2) is 0 Å². The molecule has 3 heteroatoms. The van der Waals surface area contributed by atoms with E-state index in [1.165, 1.54) is 5.56 Å². The van der Waals surface area contributed by atoms with E-state index < -0.39 is 0 Å². The number of nitrogens with zero attached hydrogens (tertiary/aromatic N) is 1. The lowest BCUT2D eigenvalue weighted by molar-refractivity contribution is 0.302. The van der Waals surface area contributed by atoms with Crippen LogP contribution in [0.25, 0.3) is 0 Å². The summed E-state index contributed by atoms with van der Waals surface area (Å²) in [5.41, 5.74) is 1.27. The van der Waals surface area contributed by atoms with Crippen molar-refractivity contribution in [3.63, 3.8) is 0 Å². The van der Waals surface area contributed by atoms with Gasteiger partial charge in [0.05, 0.1) is 0 Å². The van der Waals surface area contributed by atoms with Crippen LogP contribution in [0, 0.1) is 0 Å². The molecule has 0 aromatic heterocycles. The summed E-state index contributed by atoms with van der Waals surface area (Å²) in [5.74, 6) is 0.889. The Morgan fingerprint density at radius 1 is 1.33 bits per heavy atom. The van der Waals surface area contributed by atoms with Crippen LogP contribution in [0.1, 0.15) is 12.5 Å². The highest BCUT2D eigenvalue weighted by atomic mass is 16.5. The molecule has 1 rings (SSSR count). The molecule has 100 valence electrons. The van der Waals surface area contributed by atoms with Crippen LogP contribution in [-0.2, 0) is 6.54 Å². The third-order valence-electron chi connectivity index (χ3n) is 2.94. The lowest BCUT2D eigenvalue weighted by Gasteiger charge is -2.20. The van der Waals surface area contributed by atoms with Crippen molar-refractivity contribution in [2.75, 3.05) is 27.2 Å². The number of nitrogens with one attached hydrogen (secondary N) is 1. The Hall–Kier alpha value is -1.32. The predicted octanol–water partition coefficient (Wildman–Crippen LogP) is 2.29. The fourth-order valence-corrected chi connectivity index (χ4v) is 1.47. The van der Waals surface area contributed by atoms with E-state index in [9.17, 15) is 0 Å². The Kier molecular flexibility index (Phi) is 6.47. The molecule has 0 bridgehead atoms. The monoisotopic (exact) mass is 248 g/mol. The smallest absolute Gasteiger partial charge is 0.119 e. The van der Waals surface area contributed by atoms with Gasteiger partial charge in [-0.3, -0.25) is 0 Å². The lowest BCUT2D eigenvalue weighted by atomic mass is 10.2. The van der Waals surface area contributed by atoms with E-state index in [1.807, 2.05) is 12.1 Å². The topological polar surface area (TPSA) is 24.5 Å². The van der Waals surface area contributed by atoms with Gasteiger partial charge in [0.15, 0.2) is 0 Å². The molecular formula is C15H24N2O. The molecule has 1 aromatic carbocycles. The fourth-order valence-electron chi connectivity index (χ4n) is 1.47. The number of hydrogen-bond donors (Lipinski definition) is 1. The number of rotatable bonds is 8. The van der Waals surface area contributed by atoms with E-state index >= 15 is 0 Å². The van der Waals surface area contributed by atoms with Gasteiger partial charge in [0.2, 0.25) is 0 Å². The maximum Gasteiger partial charge on any atom is 0.119 e. The van der Waals surface area contributed by atoms with Crippen molar-refractivity contribution >= 4 is 0 Å². The van der Waals surface area contributed by atoms with Gasteiger partial charge in [0, 0.05) is 19.1 Å². The van der Waals surface area contributed by atoms with Gasteiger partial charge in [0.1, 0.15) is 12.4 Å². The van der Waals surface area contributed by atoms with Gasteiger partial charge in [-0.05, 0) is 38.7 Å². The van der Waals surface area contributed by atoms with Gasteiger partial charge in [-0.2, -0.15) is 0 Å². The van der Waals surface area contributed by atoms with E-state index in [4.69, 9.17) is 4.74 Å². The van der Waals surface area contributed by atoms with Crippen molar-refractivity contribution < 1.29 is 4.74 Å². The van der Waals surface area contributed by atoms with E-state index in [-0.39, 0.29) is 0 Å². The van der Waals surface area contributed by atoms with Gasteiger partial charge in [0.25, 0.3) is 0 Å². The zero-order chi connectivity index (χ0) is 13.4. The highest BCUT2D eigenvalue weighted by molar-refractivity contribution is 5.27. The number of benzene rings is 1. The van der Waals surface area contributed by atoms with Gasteiger partial charge in [-0.1, -0.05) is 24.8 Å². The largest absolute Gasteiger partial charge is 0.490 e. The second-order valence-electron chi connectivity index (χ2n) is 4.69. The van der Waals surface area contributed by atoms with E-state index in [1.54, 1.807) is 6.08 Å². The Morgan fingerprint density at radius 2 is 2.00 bits per heavy atom. The van der Waals surface area contributed by atoms with Crippen molar-refractivity contribution in [1.82, 2.24) is 10.2 Å². The Morgan fingerprint density at radius 3 is 2.56 bits per heavy atom. The lowest BCUT2D eigenvalue weighted by Crippen LogP contribution is -2.35. The molecule has 0 saturated heterocycles. The first kappa shape index (κ1) is 14.7. The first-order chi connectivity index (χ1) is 8.63. The quantitative estimate of drug-likeness (QED) is 0.714. The average molecular weight is 248 g/mol. The molecule has 0 spiro atoms. The summed E-state index contributed by atoms with van der Waals surface area (Å²) < 4.78 is 5.44. The van der Waals surface area contributed by atoms with Crippen molar-refractivity contribution in [2.45, 2.75) is 19.5 Å². The Labute approximate surface area is 110 Å². The van der Waals surface area contributed by atoms with Gasteiger partial charge >= 0.3 is 0 Å². The summed E-state index contributed by atoms with van der Waals surface area (Å²) in [6.45, 7) is 8.26. The SMILES string of the molecule is C=CCOc1ccc(CNCC(C)N(C)C)cc1. The first-order valence-electron chi connectivity index (χ1n) is 6.33. The summed E-state index contributed by atoms with van der Waals surface area (Å²) >= 11 is 0. The van der Waals surface area contributed by atoms with Crippen LogP contribution in [0.3, 0.4) is 0 Å². The second kappa shape index (κ2) is 7.90. The first-order valence-corrected chi connectivity index (χ1v) is 6.33. The van der Waals surface area contributed by atoms with Crippen molar-refractivity contribution in [3.8, 4) is 5.75 Å². The fraction of sp³-hybridized carbons (Fsp3) is 0.467. The standard InChI is InChI=1S/C15H24N2O/c1-5-10-18-15-8-6-14(7-9-15)12-16-11-13(2)17(3)4/h5-9,13,16H,1,10-12H2,2-4H3. The third kappa shape index (κ3) is 5.34. The minimum absolute atomic E-state index is 0.542. The summed E-state index contributed by atoms with van der Waals surface area (Å²) in [5, 5.41) is 3.45. The van der Waals surface area contributed by atoms with Crippen molar-refractivity contribution in [3.05, 3.63) is 42.5 Å². The number of likely N-dealkylation sites (N-methyl/N-ethyl adjacent to an activating group) is 1. The van der Waals surface area contributed by atoms with Crippen LogP contribution in [0.5, 0.6) is 5.75 Å². The molecule has 0 aliphatic heterocycles. The molecule has 0 aliphatic carbocycles. The molecule has 1 atom stereocenters. The minimum Gasteiger partial charge on any atom is -0.490 e. The summed E-state index contributed by atoms with van der Waals surface area (Å²) in [6.07, 6.45) is 1.75. The zero-order valence-corrected chi connectivity index (χ0v) is 11.6. The highest BCUT2D eigenvalue weighted by Crippen LogP contribution is 2.11. The van der Waals surface area contributed by atoms with Crippen LogP contribution in [0.4, 0.5) is 0 Å². The summed E-state index contributed by atoms with van der Waals surface area (Å²) in [7, 11) is 4.19. The van der Waals surface area contributed by atoms with Gasteiger partial charge < -0.3 is 15.0 Å². The van der Waals surface area contributed by atoms with E-state index in [0.29, 0.717) is 12.6 Å². The van der Waals surface area contributed by atoms with E-state index in [2.05, 4.69) is 49.9 Å². The van der Waals surface area contributed by atoms with Crippen LogP contribution >= 0.6 is 0 Å². The van der Waals surface area contributed by atoms with Gasteiger partial charge in [-0.15, -0.1) is 0 Å². The molecule has 1 unspecified atom stereocenters. The number of ether oxygens (including phenoxy) is 1. The average Bonchev–Trinajstić information content (AvgIpc) is 2.37. The number of hydrogen-bond acceptors (Lipinski definition) is 3. The maximum atomic E-state index is 5.44. The van der Waals surface area contributed by atoms with Crippen LogP contribution < -0.4 is 10.1 Å². The molecular weight excluding hydrogens is 224 g/mol. The Balaban J connectivity index is 2.32. The molecule has 1 aromatic rings. The molecule has 0 fully saturated rings. The molecule has 1 N–H and O–H groups in total. The van der Waals surface area contributed by atoms with Crippen LogP contribution in [0.2, 0.25) is 0 Å². The van der Waals surface area contributed by atoms with E-state index in [0.717, 1.165) is 18.8 Å². The zero-order valence-electron chi connectivity index (χ0n) is 11.6. The van der Waals surface area contributed by atoms with Crippen molar-refractivity contribution in [2.24, 2.45) is 0 Å². The van der Waals surface area contributed by atoms with Crippen molar-refractivity contribution in [1.29, 1.82) is 0 Å². The van der Waals surface area contributed by atoms with Crippen LogP contribution in [-0.4, -0.2) is 38.2 Å². The second-order valence-corrected chi connectivity index (χ2v) is 4.69. The molecule has 0 aliphatic rings. The predicted molar refractivity (Wildman–Crippen MR) is 77.0 cm³/mol. The summed E-state index contributed by atoms with van der Waals surface area (Å²) in [4.78, 5) is 2.21. The molecule has 0 amide bonds. The molecule has 18 heavy (non-hydrogen) atoms. The highest BCUT2D eigenvalue weighted by Gasteiger charge is 2.03. The molecule has 0 saturated carbocycles. The molecule has 0 radical (unpaired) electrons. The molecule has 0 heterocycles.